The Morgan fingerprint density at radius 3 is 0.923 bits per heavy atom. The highest BCUT2D eigenvalue weighted by Crippen LogP contribution is 2.45. The topological polar surface area (TPSA) is 71.1 Å². The van der Waals surface area contributed by atoms with E-state index in [9.17, 15) is 9.59 Å². The van der Waals surface area contributed by atoms with Crippen LogP contribution in [0.3, 0.4) is 0 Å². The van der Waals surface area contributed by atoms with Crippen molar-refractivity contribution in [2.75, 3.05) is 0 Å². The first-order valence-corrected chi connectivity index (χ1v) is 21.3. The Hall–Kier alpha value is -2.24. The third kappa shape index (κ3) is 21.5. The molecule has 1 aromatic rings. The van der Waals surface area contributed by atoms with Crippen LogP contribution in [-0.4, -0.2) is 23.5 Å². The Morgan fingerprint density at radius 1 is 0.423 bits per heavy atom. The molecular formula is C46H82O6. The molecule has 0 spiro atoms. The SMILES string of the molecule is CCCCCCCCCCCCC(C)(C)c1cc(OC(=O)OC(C)(C)C)c(C(C)(C)CCCCCCCCCCCC)cc1OC(=O)OC(C)(C)C. The summed E-state index contributed by atoms with van der Waals surface area (Å²) in [4.78, 5) is 26.3. The summed E-state index contributed by atoms with van der Waals surface area (Å²) in [5.41, 5.74) is -0.455. The molecule has 0 aromatic heterocycles. The van der Waals surface area contributed by atoms with Crippen LogP contribution < -0.4 is 9.47 Å². The average molecular weight is 731 g/mol. The lowest BCUT2D eigenvalue weighted by Gasteiger charge is -2.33. The predicted molar refractivity (Wildman–Crippen MR) is 219 cm³/mol. The van der Waals surface area contributed by atoms with Crippen molar-refractivity contribution in [1.29, 1.82) is 0 Å². The standard InChI is InChI=1S/C46H82O6/c1-13-15-17-19-21-23-25-27-29-31-33-45(9,10)37-35-40(50-42(48)52-44(6,7)8)38(36-39(37)49-41(47)51-43(3,4)5)46(11,12)34-32-30-28-26-24-22-20-18-16-14-2/h35-36H,13-34H2,1-12H3. The van der Waals surface area contributed by atoms with Crippen LogP contribution in [0.1, 0.15) is 235 Å². The summed E-state index contributed by atoms with van der Waals surface area (Å²) in [6.07, 6.45) is 25.7. The molecule has 0 heterocycles. The van der Waals surface area contributed by atoms with E-state index in [2.05, 4.69) is 41.5 Å². The fourth-order valence-electron chi connectivity index (χ4n) is 6.89. The Morgan fingerprint density at radius 2 is 0.673 bits per heavy atom. The minimum Gasteiger partial charge on any atom is -0.428 e. The summed E-state index contributed by atoms with van der Waals surface area (Å²) < 4.78 is 23.4. The minimum atomic E-state index is -0.734. The number of benzene rings is 1. The third-order valence-electron chi connectivity index (χ3n) is 10.0. The van der Waals surface area contributed by atoms with E-state index in [0.717, 1.165) is 49.7 Å². The number of hydrogen-bond acceptors (Lipinski definition) is 6. The Kier molecular flexibility index (Phi) is 22.3. The van der Waals surface area contributed by atoms with Crippen LogP contribution in [0, 0.1) is 0 Å². The summed E-state index contributed by atoms with van der Waals surface area (Å²) in [7, 11) is 0. The molecule has 0 amide bonds. The first-order chi connectivity index (χ1) is 24.3. The summed E-state index contributed by atoms with van der Waals surface area (Å²) in [5.74, 6) is 0.933. The van der Waals surface area contributed by atoms with Gasteiger partial charge in [-0.3, -0.25) is 0 Å². The van der Waals surface area contributed by atoms with E-state index in [4.69, 9.17) is 18.9 Å². The molecule has 0 aliphatic heterocycles. The molecule has 1 rings (SSSR count). The predicted octanol–water partition coefficient (Wildman–Crippen LogP) is 15.5. The second-order valence-corrected chi connectivity index (χ2v) is 18.6. The van der Waals surface area contributed by atoms with E-state index >= 15 is 0 Å². The highest BCUT2D eigenvalue weighted by atomic mass is 16.7. The zero-order chi connectivity index (χ0) is 39.3. The number of carbonyl (C=O) groups is 2. The van der Waals surface area contributed by atoms with E-state index in [-0.39, 0.29) is 10.8 Å². The van der Waals surface area contributed by atoms with Gasteiger partial charge in [0.15, 0.2) is 0 Å². The van der Waals surface area contributed by atoms with Gasteiger partial charge in [-0.1, -0.05) is 170 Å². The first-order valence-electron chi connectivity index (χ1n) is 21.3. The quantitative estimate of drug-likeness (QED) is 0.0537. The number of hydrogen-bond donors (Lipinski definition) is 0. The summed E-state index contributed by atoms with van der Waals surface area (Å²) in [5, 5.41) is 0. The lowest BCUT2D eigenvalue weighted by Crippen LogP contribution is -2.29. The van der Waals surface area contributed by atoms with E-state index in [1.165, 1.54) is 103 Å². The van der Waals surface area contributed by atoms with Crippen LogP contribution in [0.15, 0.2) is 12.1 Å². The monoisotopic (exact) mass is 731 g/mol. The van der Waals surface area contributed by atoms with Crippen molar-refractivity contribution in [2.24, 2.45) is 0 Å². The lowest BCUT2D eigenvalue weighted by molar-refractivity contribution is 0.0179. The van der Waals surface area contributed by atoms with E-state index in [0.29, 0.717) is 11.5 Å². The third-order valence-corrected chi connectivity index (χ3v) is 10.0. The molecule has 0 N–H and O–H groups in total. The molecule has 6 nitrogen and oxygen atoms in total. The first kappa shape index (κ1) is 47.8. The van der Waals surface area contributed by atoms with Gasteiger partial charge in [0.25, 0.3) is 0 Å². The van der Waals surface area contributed by atoms with Crippen LogP contribution in [0.2, 0.25) is 0 Å². The number of carbonyl (C=O) groups excluding carboxylic acids is 2. The molecule has 0 saturated carbocycles. The van der Waals surface area contributed by atoms with Crippen molar-refractivity contribution in [3.63, 3.8) is 0 Å². The number of unbranched alkanes of at least 4 members (excludes halogenated alkanes) is 18. The van der Waals surface area contributed by atoms with Crippen molar-refractivity contribution in [3.05, 3.63) is 23.3 Å². The molecule has 0 aliphatic carbocycles. The van der Waals surface area contributed by atoms with E-state index in [1.54, 1.807) is 0 Å². The van der Waals surface area contributed by atoms with Crippen molar-refractivity contribution < 1.29 is 28.5 Å². The van der Waals surface area contributed by atoms with Crippen molar-refractivity contribution in [3.8, 4) is 11.5 Å². The molecule has 0 aliphatic rings. The summed E-state index contributed by atoms with van der Waals surface area (Å²) in [6, 6.07) is 3.85. The van der Waals surface area contributed by atoms with Crippen molar-refractivity contribution in [1.82, 2.24) is 0 Å². The van der Waals surface area contributed by atoms with Gasteiger partial charge in [-0.25, -0.2) is 9.59 Å². The molecular weight excluding hydrogens is 649 g/mol. The Bertz CT molecular complexity index is 1050. The van der Waals surface area contributed by atoms with Crippen LogP contribution >= 0.6 is 0 Å². The summed E-state index contributed by atoms with van der Waals surface area (Å²) >= 11 is 0. The van der Waals surface area contributed by atoms with Gasteiger partial charge >= 0.3 is 12.3 Å². The van der Waals surface area contributed by atoms with Crippen molar-refractivity contribution in [2.45, 2.75) is 246 Å². The molecule has 52 heavy (non-hydrogen) atoms. The van der Waals surface area contributed by atoms with Crippen LogP contribution in [-0.2, 0) is 20.3 Å². The van der Waals surface area contributed by atoms with Gasteiger partial charge in [-0.2, -0.15) is 0 Å². The fourth-order valence-corrected chi connectivity index (χ4v) is 6.89. The highest BCUT2D eigenvalue weighted by Gasteiger charge is 2.34. The second kappa shape index (κ2) is 24.2. The van der Waals surface area contributed by atoms with Gasteiger partial charge in [-0.05, 0) is 77.3 Å². The largest absolute Gasteiger partial charge is 0.514 e. The Balaban J connectivity index is 3.29. The fraction of sp³-hybridized carbons (Fsp3) is 0.826. The summed E-state index contributed by atoms with van der Waals surface area (Å²) in [6.45, 7) is 24.3. The van der Waals surface area contributed by atoms with Gasteiger partial charge in [0.2, 0.25) is 0 Å². The number of rotatable bonds is 26. The minimum absolute atomic E-state index is 0.358. The van der Waals surface area contributed by atoms with Crippen molar-refractivity contribution >= 4 is 12.3 Å². The van der Waals surface area contributed by atoms with Gasteiger partial charge in [-0.15, -0.1) is 0 Å². The Labute approximate surface area is 321 Å². The molecule has 0 atom stereocenters. The lowest BCUT2D eigenvalue weighted by atomic mass is 9.75. The zero-order valence-electron chi connectivity index (χ0n) is 36.2. The number of ether oxygens (including phenoxy) is 4. The molecule has 0 radical (unpaired) electrons. The van der Waals surface area contributed by atoms with Crippen LogP contribution in [0.4, 0.5) is 9.59 Å². The molecule has 0 saturated heterocycles. The molecule has 0 fully saturated rings. The highest BCUT2D eigenvalue weighted by molar-refractivity contribution is 5.69. The normalized spacial score (nSPS) is 12.5. The maximum absolute atomic E-state index is 13.2. The van der Waals surface area contributed by atoms with Crippen LogP contribution in [0.25, 0.3) is 0 Å². The molecule has 0 bridgehead atoms. The zero-order valence-corrected chi connectivity index (χ0v) is 36.2. The van der Waals surface area contributed by atoms with Gasteiger partial charge < -0.3 is 18.9 Å². The maximum Gasteiger partial charge on any atom is 0.514 e. The maximum atomic E-state index is 13.2. The second-order valence-electron chi connectivity index (χ2n) is 18.6. The molecule has 302 valence electrons. The molecule has 6 heteroatoms. The van der Waals surface area contributed by atoms with Gasteiger partial charge in [0.05, 0.1) is 0 Å². The smallest absolute Gasteiger partial charge is 0.428 e. The molecule has 1 aromatic carbocycles. The molecule has 0 unspecified atom stereocenters. The van der Waals surface area contributed by atoms with E-state index < -0.39 is 23.5 Å². The average Bonchev–Trinajstić information content (AvgIpc) is 3.01. The van der Waals surface area contributed by atoms with E-state index in [1.807, 2.05) is 53.7 Å². The van der Waals surface area contributed by atoms with Gasteiger partial charge in [0.1, 0.15) is 22.7 Å². The van der Waals surface area contributed by atoms with Gasteiger partial charge in [0, 0.05) is 11.1 Å². The van der Waals surface area contributed by atoms with Crippen LogP contribution in [0.5, 0.6) is 11.5 Å².